The largest absolute Gasteiger partial charge is 0.354 e. The van der Waals surface area contributed by atoms with E-state index in [4.69, 9.17) is 0 Å². The molecule has 1 fully saturated rings. The highest BCUT2D eigenvalue weighted by Crippen LogP contribution is 2.20. The summed E-state index contributed by atoms with van der Waals surface area (Å²) in [6.07, 6.45) is 10.0. The first-order valence-corrected chi connectivity index (χ1v) is 6.39. The van der Waals surface area contributed by atoms with Gasteiger partial charge in [-0.2, -0.15) is 0 Å². The molecule has 0 bridgehead atoms. The fraction of sp³-hybridized carbons (Fsp3) is 0.769. The Kier molecular flexibility index (Phi) is 3.64. The molecular weight excluding hydrogens is 200 g/mol. The van der Waals surface area contributed by atoms with Gasteiger partial charge in [0.25, 0.3) is 0 Å². The Balaban J connectivity index is 1.76. The van der Waals surface area contributed by atoms with Crippen LogP contribution < -0.4 is 10.6 Å². The van der Waals surface area contributed by atoms with Crippen molar-refractivity contribution in [2.45, 2.75) is 44.6 Å². The van der Waals surface area contributed by atoms with E-state index in [1.165, 1.54) is 6.42 Å². The van der Waals surface area contributed by atoms with Crippen LogP contribution >= 0.6 is 0 Å². The lowest BCUT2D eigenvalue weighted by Crippen LogP contribution is -2.52. The molecule has 3 nitrogen and oxygen atoms in total. The minimum atomic E-state index is -0.315. The SMILES string of the molecule is CC1(C(=O)NCC2CC=CCC2)CCCN1. The van der Waals surface area contributed by atoms with E-state index in [0.29, 0.717) is 5.92 Å². The van der Waals surface area contributed by atoms with Crippen LogP contribution in [0.25, 0.3) is 0 Å². The second kappa shape index (κ2) is 5.00. The molecule has 1 aliphatic carbocycles. The number of hydrogen-bond acceptors (Lipinski definition) is 2. The Labute approximate surface area is 97.7 Å². The van der Waals surface area contributed by atoms with Gasteiger partial charge in [-0.3, -0.25) is 4.79 Å². The van der Waals surface area contributed by atoms with Crippen molar-refractivity contribution in [2.75, 3.05) is 13.1 Å². The van der Waals surface area contributed by atoms with Crippen LogP contribution in [0.3, 0.4) is 0 Å². The monoisotopic (exact) mass is 222 g/mol. The Hall–Kier alpha value is -0.830. The molecule has 0 spiro atoms. The number of rotatable bonds is 3. The van der Waals surface area contributed by atoms with Crippen LogP contribution in [-0.2, 0) is 4.79 Å². The summed E-state index contributed by atoms with van der Waals surface area (Å²) in [6.45, 7) is 3.81. The maximum Gasteiger partial charge on any atom is 0.240 e. The van der Waals surface area contributed by atoms with Crippen LogP contribution in [0.4, 0.5) is 0 Å². The predicted molar refractivity (Wildman–Crippen MR) is 65.1 cm³/mol. The van der Waals surface area contributed by atoms with Crippen molar-refractivity contribution in [1.82, 2.24) is 10.6 Å². The number of carbonyl (C=O) groups is 1. The Morgan fingerprint density at radius 3 is 3.06 bits per heavy atom. The maximum absolute atomic E-state index is 12.0. The minimum absolute atomic E-state index is 0.180. The zero-order chi connectivity index (χ0) is 11.4. The smallest absolute Gasteiger partial charge is 0.240 e. The summed E-state index contributed by atoms with van der Waals surface area (Å²) in [5.74, 6) is 0.818. The molecule has 3 heteroatoms. The van der Waals surface area contributed by atoms with E-state index in [2.05, 4.69) is 22.8 Å². The molecule has 2 unspecified atom stereocenters. The molecule has 1 amide bonds. The third-order valence-corrected chi connectivity index (χ3v) is 3.80. The van der Waals surface area contributed by atoms with Crippen LogP contribution in [0.2, 0.25) is 0 Å². The van der Waals surface area contributed by atoms with E-state index in [1.54, 1.807) is 0 Å². The average molecular weight is 222 g/mol. The number of nitrogens with one attached hydrogen (secondary N) is 2. The molecule has 2 rings (SSSR count). The van der Waals surface area contributed by atoms with Crippen LogP contribution in [0.1, 0.15) is 39.0 Å². The minimum Gasteiger partial charge on any atom is -0.354 e. The molecule has 90 valence electrons. The van der Waals surface area contributed by atoms with Crippen molar-refractivity contribution in [1.29, 1.82) is 0 Å². The first-order chi connectivity index (χ1) is 7.71. The van der Waals surface area contributed by atoms with Gasteiger partial charge in [0.2, 0.25) is 5.91 Å². The Morgan fingerprint density at radius 2 is 2.44 bits per heavy atom. The molecule has 2 atom stereocenters. The van der Waals surface area contributed by atoms with Gasteiger partial charge in [0.05, 0.1) is 5.54 Å². The van der Waals surface area contributed by atoms with Crippen LogP contribution in [0.15, 0.2) is 12.2 Å². The normalized spacial score (nSPS) is 33.9. The topological polar surface area (TPSA) is 41.1 Å². The van der Waals surface area contributed by atoms with Crippen LogP contribution in [0.5, 0.6) is 0 Å². The molecule has 0 aromatic rings. The van der Waals surface area contributed by atoms with Gasteiger partial charge in [-0.25, -0.2) is 0 Å². The fourth-order valence-electron chi connectivity index (χ4n) is 2.56. The standard InChI is InChI=1S/C13H22N2O/c1-13(8-5-9-15-13)12(16)14-10-11-6-3-2-4-7-11/h2-3,11,15H,4-10H2,1H3,(H,14,16). The molecule has 0 saturated carbocycles. The first-order valence-electron chi connectivity index (χ1n) is 6.39. The highest BCUT2D eigenvalue weighted by molar-refractivity contribution is 5.86. The Morgan fingerprint density at radius 1 is 1.56 bits per heavy atom. The average Bonchev–Trinajstić information content (AvgIpc) is 2.76. The third-order valence-electron chi connectivity index (χ3n) is 3.80. The Bertz CT molecular complexity index is 280. The molecule has 1 aliphatic heterocycles. The van der Waals surface area contributed by atoms with Crippen molar-refractivity contribution in [3.63, 3.8) is 0 Å². The third kappa shape index (κ3) is 2.64. The summed E-state index contributed by atoms with van der Waals surface area (Å²) in [4.78, 5) is 12.0. The molecule has 1 saturated heterocycles. The fourth-order valence-corrected chi connectivity index (χ4v) is 2.56. The lowest BCUT2D eigenvalue weighted by atomic mass is 9.93. The summed E-state index contributed by atoms with van der Waals surface area (Å²) >= 11 is 0. The van der Waals surface area contributed by atoms with Gasteiger partial charge in [-0.15, -0.1) is 0 Å². The summed E-state index contributed by atoms with van der Waals surface area (Å²) in [5, 5.41) is 6.39. The summed E-state index contributed by atoms with van der Waals surface area (Å²) in [7, 11) is 0. The predicted octanol–water partition coefficient (Wildman–Crippen LogP) is 1.60. The highest BCUT2D eigenvalue weighted by atomic mass is 16.2. The van der Waals surface area contributed by atoms with E-state index in [-0.39, 0.29) is 11.4 Å². The van der Waals surface area contributed by atoms with Crippen molar-refractivity contribution in [3.8, 4) is 0 Å². The molecule has 2 aliphatic rings. The number of carbonyl (C=O) groups excluding carboxylic acids is 1. The second-order valence-corrected chi connectivity index (χ2v) is 5.22. The maximum atomic E-state index is 12.0. The molecule has 0 aromatic heterocycles. The number of hydrogen-bond donors (Lipinski definition) is 2. The molecule has 2 N–H and O–H groups in total. The van der Waals surface area contributed by atoms with Crippen molar-refractivity contribution in [2.24, 2.45) is 5.92 Å². The molecular formula is C13H22N2O. The lowest BCUT2D eigenvalue weighted by molar-refractivity contribution is -0.126. The van der Waals surface area contributed by atoms with Gasteiger partial charge in [-0.05, 0) is 51.5 Å². The molecule has 0 aromatic carbocycles. The quantitative estimate of drug-likeness (QED) is 0.712. The van der Waals surface area contributed by atoms with Gasteiger partial charge >= 0.3 is 0 Å². The van der Waals surface area contributed by atoms with E-state index >= 15 is 0 Å². The number of allylic oxidation sites excluding steroid dienone is 2. The first kappa shape index (κ1) is 11.6. The van der Waals surface area contributed by atoms with Gasteiger partial charge in [0.15, 0.2) is 0 Å². The second-order valence-electron chi connectivity index (χ2n) is 5.22. The zero-order valence-corrected chi connectivity index (χ0v) is 10.1. The summed E-state index contributed by atoms with van der Waals surface area (Å²) < 4.78 is 0. The van der Waals surface area contributed by atoms with Gasteiger partial charge in [0, 0.05) is 6.54 Å². The zero-order valence-electron chi connectivity index (χ0n) is 10.1. The van der Waals surface area contributed by atoms with Gasteiger partial charge < -0.3 is 10.6 Å². The van der Waals surface area contributed by atoms with Gasteiger partial charge in [0.1, 0.15) is 0 Å². The summed E-state index contributed by atoms with van der Waals surface area (Å²) in [5.41, 5.74) is -0.315. The van der Waals surface area contributed by atoms with Gasteiger partial charge in [-0.1, -0.05) is 12.2 Å². The van der Waals surface area contributed by atoms with Crippen LogP contribution in [0, 0.1) is 5.92 Å². The molecule has 16 heavy (non-hydrogen) atoms. The number of amides is 1. The lowest BCUT2D eigenvalue weighted by Gasteiger charge is -2.25. The van der Waals surface area contributed by atoms with E-state index < -0.39 is 0 Å². The summed E-state index contributed by atoms with van der Waals surface area (Å²) in [6, 6.07) is 0. The highest BCUT2D eigenvalue weighted by Gasteiger charge is 2.35. The van der Waals surface area contributed by atoms with Crippen molar-refractivity contribution in [3.05, 3.63) is 12.2 Å². The van der Waals surface area contributed by atoms with E-state index in [0.717, 1.165) is 38.8 Å². The molecule has 0 radical (unpaired) electrons. The van der Waals surface area contributed by atoms with Crippen molar-refractivity contribution >= 4 is 5.91 Å². The van der Waals surface area contributed by atoms with Crippen LogP contribution in [-0.4, -0.2) is 24.5 Å². The molecule has 1 heterocycles. The van der Waals surface area contributed by atoms with Crippen molar-refractivity contribution < 1.29 is 4.79 Å². The van der Waals surface area contributed by atoms with E-state index in [1.807, 2.05) is 6.92 Å². The van der Waals surface area contributed by atoms with E-state index in [9.17, 15) is 4.79 Å².